The van der Waals surface area contributed by atoms with Crippen molar-refractivity contribution in [1.29, 1.82) is 0 Å². The van der Waals surface area contributed by atoms with Gasteiger partial charge in [0, 0.05) is 18.6 Å². The van der Waals surface area contributed by atoms with E-state index in [0.29, 0.717) is 11.3 Å². The Balaban J connectivity index is 3.10. The Kier molecular flexibility index (Phi) is 9.97. The van der Waals surface area contributed by atoms with Gasteiger partial charge in [-0.25, -0.2) is 0 Å². The first-order chi connectivity index (χ1) is 6.66. The van der Waals surface area contributed by atoms with Crippen LogP contribution in [0.4, 0.5) is 0 Å². The smallest absolute Gasteiger partial charge is 0.0466 e. The van der Waals surface area contributed by atoms with Crippen molar-refractivity contribution in [2.24, 2.45) is 5.92 Å². The minimum Gasteiger partial charge on any atom is -0.381 e. The number of halogens is 1. The summed E-state index contributed by atoms with van der Waals surface area (Å²) in [5.74, 6) is 0.707. The molecule has 1 unspecified atom stereocenters. The van der Waals surface area contributed by atoms with Crippen LogP contribution in [0.15, 0.2) is 0 Å². The second-order valence-corrected chi connectivity index (χ2v) is 4.95. The van der Waals surface area contributed by atoms with Crippen molar-refractivity contribution >= 4 is 11.6 Å². The zero-order chi connectivity index (χ0) is 10.8. The molecule has 0 aromatic carbocycles. The van der Waals surface area contributed by atoms with Crippen molar-refractivity contribution in [3.63, 3.8) is 0 Å². The lowest BCUT2D eigenvalue weighted by molar-refractivity contribution is 0.127. The van der Waals surface area contributed by atoms with E-state index in [4.69, 9.17) is 16.3 Å². The molecule has 86 valence electrons. The van der Waals surface area contributed by atoms with Gasteiger partial charge in [0.2, 0.25) is 0 Å². The molecule has 14 heavy (non-hydrogen) atoms. The van der Waals surface area contributed by atoms with Crippen LogP contribution in [0, 0.1) is 5.92 Å². The topological polar surface area (TPSA) is 9.23 Å². The number of hydrogen-bond acceptors (Lipinski definition) is 1. The summed E-state index contributed by atoms with van der Waals surface area (Å²) < 4.78 is 5.47. The first-order valence-corrected chi connectivity index (χ1v) is 6.32. The number of unbranched alkanes of at least 4 members (excludes halogenated alkanes) is 1. The number of alkyl halides is 1. The minimum absolute atomic E-state index is 0.338. The largest absolute Gasteiger partial charge is 0.381 e. The third kappa shape index (κ3) is 10.3. The zero-order valence-corrected chi connectivity index (χ0v) is 10.6. The fourth-order valence-corrected chi connectivity index (χ4v) is 1.90. The van der Waals surface area contributed by atoms with Crippen LogP contribution >= 0.6 is 11.6 Å². The van der Waals surface area contributed by atoms with Crippen molar-refractivity contribution < 1.29 is 4.74 Å². The van der Waals surface area contributed by atoms with E-state index in [-0.39, 0.29) is 0 Å². The van der Waals surface area contributed by atoms with Gasteiger partial charge in [0.05, 0.1) is 0 Å². The Morgan fingerprint density at radius 1 is 1.14 bits per heavy atom. The molecule has 0 saturated carbocycles. The normalized spacial score (nSPS) is 13.5. The average Bonchev–Trinajstić information content (AvgIpc) is 2.10. The molecule has 0 aliphatic carbocycles. The third-order valence-corrected chi connectivity index (χ3v) is 2.57. The van der Waals surface area contributed by atoms with E-state index in [1.54, 1.807) is 0 Å². The highest BCUT2D eigenvalue weighted by molar-refractivity contribution is 6.20. The predicted octanol–water partition coefficient (Wildman–Crippen LogP) is 4.24. The molecule has 0 heterocycles. The lowest BCUT2D eigenvalue weighted by Crippen LogP contribution is -2.05. The maximum absolute atomic E-state index is 6.16. The second kappa shape index (κ2) is 9.79. The van der Waals surface area contributed by atoms with Crippen LogP contribution in [0.3, 0.4) is 0 Å². The fraction of sp³-hybridized carbons (Fsp3) is 1.00. The highest BCUT2D eigenvalue weighted by atomic mass is 35.5. The molecule has 1 atom stereocenters. The van der Waals surface area contributed by atoms with Gasteiger partial charge >= 0.3 is 0 Å². The van der Waals surface area contributed by atoms with E-state index in [0.717, 1.165) is 32.5 Å². The van der Waals surface area contributed by atoms with Crippen molar-refractivity contribution in [2.45, 2.75) is 58.3 Å². The maximum atomic E-state index is 6.16. The molecule has 0 amide bonds. The van der Waals surface area contributed by atoms with Crippen molar-refractivity contribution in [3.8, 4) is 0 Å². The second-order valence-electron chi connectivity index (χ2n) is 4.33. The quantitative estimate of drug-likeness (QED) is 0.417. The average molecular weight is 221 g/mol. The molecule has 0 aliphatic heterocycles. The van der Waals surface area contributed by atoms with Crippen LogP contribution in [-0.4, -0.2) is 18.6 Å². The Bertz CT molecular complexity index is 115. The fourth-order valence-electron chi connectivity index (χ4n) is 1.38. The van der Waals surface area contributed by atoms with Gasteiger partial charge in [-0.2, -0.15) is 0 Å². The standard InChI is InChI=1S/C12H25ClO/c1-4-5-8-14-9-6-7-12(13)10-11(2)3/h11-12H,4-10H2,1-3H3. The van der Waals surface area contributed by atoms with Crippen LogP contribution in [0.2, 0.25) is 0 Å². The molecule has 0 rings (SSSR count). The summed E-state index contributed by atoms with van der Waals surface area (Å²) in [5.41, 5.74) is 0. The van der Waals surface area contributed by atoms with Crippen LogP contribution in [0.25, 0.3) is 0 Å². The Hall–Kier alpha value is 0.250. The number of ether oxygens (including phenoxy) is 1. The van der Waals surface area contributed by atoms with Crippen molar-refractivity contribution in [1.82, 2.24) is 0 Å². The Labute approximate surface area is 94.2 Å². The summed E-state index contributed by atoms with van der Waals surface area (Å²) in [5, 5.41) is 0.338. The molecule has 0 spiro atoms. The monoisotopic (exact) mass is 220 g/mol. The van der Waals surface area contributed by atoms with Gasteiger partial charge in [-0.3, -0.25) is 0 Å². The van der Waals surface area contributed by atoms with Gasteiger partial charge in [0.15, 0.2) is 0 Å². The first-order valence-electron chi connectivity index (χ1n) is 5.88. The predicted molar refractivity (Wildman–Crippen MR) is 64.1 cm³/mol. The van der Waals surface area contributed by atoms with Gasteiger partial charge in [-0.15, -0.1) is 11.6 Å². The molecular weight excluding hydrogens is 196 g/mol. The van der Waals surface area contributed by atoms with E-state index < -0.39 is 0 Å². The summed E-state index contributed by atoms with van der Waals surface area (Å²) in [7, 11) is 0. The van der Waals surface area contributed by atoms with Gasteiger partial charge in [0.1, 0.15) is 0 Å². The van der Waals surface area contributed by atoms with E-state index >= 15 is 0 Å². The van der Waals surface area contributed by atoms with Gasteiger partial charge < -0.3 is 4.74 Å². The lowest BCUT2D eigenvalue weighted by Gasteiger charge is -2.11. The highest BCUT2D eigenvalue weighted by Crippen LogP contribution is 2.15. The molecule has 0 fully saturated rings. The van der Waals surface area contributed by atoms with Crippen molar-refractivity contribution in [2.75, 3.05) is 13.2 Å². The highest BCUT2D eigenvalue weighted by Gasteiger charge is 2.06. The van der Waals surface area contributed by atoms with Gasteiger partial charge in [-0.05, 0) is 31.6 Å². The molecule has 0 N–H and O–H groups in total. The van der Waals surface area contributed by atoms with Gasteiger partial charge in [0.25, 0.3) is 0 Å². The minimum atomic E-state index is 0.338. The molecule has 1 nitrogen and oxygen atoms in total. The molecule has 0 bridgehead atoms. The lowest BCUT2D eigenvalue weighted by atomic mass is 10.1. The Morgan fingerprint density at radius 3 is 2.36 bits per heavy atom. The molecule has 0 aliphatic rings. The summed E-state index contributed by atoms with van der Waals surface area (Å²) >= 11 is 6.16. The van der Waals surface area contributed by atoms with E-state index in [1.165, 1.54) is 12.8 Å². The molecule has 0 aromatic rings. The molecule has 0 aromatic heterocycles. The maximum Gasteiger partial charge on any atom is 0.0466 e. The zero-order valence-electron chi connectivity index (χ0n) is 9.89. The number of rotatable bonds is 9. The molecule has 2 heteroatoms. The van der Waals surface area contributed by atoms with Crippen molar-refractivity contribution in [3.05, 3.63) is 0 Å². The summed E-state index contributed by atoms with van der Waals surface area (Å²) in [4.78, 5) is 0. The summed E-state index contributed by atoms with van der Waals surface area (Å²) in [6, 6.07) is 0. The SMILES string of the molecule is CCCCOCCCC(Cl)CC(C)C. The molecule has 0 radical (unpaired) electrons. The molecular formula is C12H25ClO. The summed E-state index contributed by atoms with van der Waals surface area (Å²) in [6.45, 7) is 8.40. The first kappa shape index (κ1) is 14.2. The van der Waals surface area contributed by atoms with Gasteiger partial charge in [-0.1, -0.05) is 27.2 Å². The van der Waals surface area contributed by atoms with Crippen LogP contribution in [0.1, 0.15) is 52.9 Å². The summed E-state index contributed by atoms with van der Waals surface area (Å²) in [6.07, 6.45) is 5.70. The number of hydrogen-bond donors (Lipinski definition) is 0. The van der Waals surface area contributed by atoms with Crippen LogP contribution in [0.5, 0.6) is 0 Å². The van der Waals surface area contributed by atoms with E-state index in [1.807, 2.05) is 0 Å². The van der Waals surface area contributed by atoms with Crippen LogP contribution in [-0.2, 0) is 4.74 Å². The van der Waals surface area contributed by atoms with E-state index in [2.05, 4.69) is 20.8 Å². The Morgan fingerprint density at radius 2 is 1.79 bits per heavy atom. The van der Waals surface area contributed by atoms with E-state index in [9.17, 15) is 0 Å². The molecule has 0 saturated heterocycles. The third-order valence-electron chi connectivity index (χ3n) is 2.18. The van der Waals surface area contributed by atoms with Crippen LogP contribution < -0.4 is 0 Å².